The van der Waals surface area contributed by atoms with Crippen LogP contribution >= 0.6 is 0 Å². The van der Waals surface area contributed by atoms with Crippen molar-refractivity contribution in [2.24, 2.45) is 0 Å². The normalized spacial score (nSPS) is 17.1. The van der Waals surface area contributed by atoms with Gasteiger partial charge in [0.1, 0.15) is 0 Å². The number of tetrazole rings is 1. The Morgan fingerprint density at radius 1 is 1.09 bits per heavy atom. The van der Waals surface area contributed by atoms with Crippen LogP contribution in [-0.4, -0.2) is 50.5 Å². The Hall–Kier alpha value is -3.96. The Morgan fingerprint density at radius 2 is 1.97 bits per heavy atom. The number of nitrogens with zero attached hydrogens (tertiary/aromatic N) is 7. The molecular weight excluding hydrogens is 400 g/mol. The molecule has 1 unspecified atom stereocenters. The van der Waals surface area contributed by atoms with E-state index in [-0.39, 0.29) is 0 Å². The molecular formula is C24H22N8. The Kier molecular flexibility index (Phi) is 4.30. The summed E-state index contributed by atoms with van der Waals surface area (Å²) in [4.78, 5) is 2.44. The number of rotatable bonds is 2. The average Bonchev–Trinajstić information content (AvgIpc) is 3.44. The first-order valence-electron chi connectivity index (χ1n) is 10.8. The first kappa shape index (κ1) is 18.8. The zero-order valence-corrected chi connectivity index (χ0v) is 17.7. The standard InChI is InChI=1S/C24H22N8/c1-16-13-30(9-8-26-16)21-6-7-22-20(10-21)15-31-14-19(18-4-2-17(12-25)3-5-18)11-23(31)24-27-28-29-32(22)24/h2-7,10-11,14,16,26H,8-9,13,15H2,1H3. The predicted molar refractivity (Wildman–Crippen MR) is 122 cm³/mol. The van der Waals surface area contributed by atoms with Gasteiger partial charge < -0.3 is 14.8 Å². The van der Waals surface area contributed by atoms with E-state index in [0.717, 1.165) is 54.5 Å². The summed E-state index contributed by atoms with van der Waals surface area (Å²) in [6.45, 7) is 5.93. The van der Waals surface area contributed by atoms with Gasteiger partial charge in [0.25, 0.3) is 0 Å². The molecule has 0 saturated carbocycles. The predicted octanol–water partition coefficient (Wildman–Crippen LogP) is 2.83. The van der Waals surface area contributed by atoms with Crippen LogP contribution in [-0.2, 0) is 6.54 Å². The van der Waals surface area contributed by atoms with E-state index in [1.165, 1.54) is 11.3 Å². The van der Waals surface area contributed by atoms with E-state index in [9.17, 15) is 0 Å². The Morgan fingerprint density at radius 3 is 2.78 bits per heavy atom. The second kappa shape index (κ2) is 7.32. The number of hydrogen-bond acceptors (Lipinski definition) is 6. The van der Waals surface area contributed by atoms with Gasteiger partial charge in [0.2, 0.25) is 5.82 Å². The lowest BCUT2D eigenvalue weighted by atomic mass is 10.1. The van der Waals surface area contributed by atoms with E-state index < -0.39 is 0 Å². The molecule has 0 radical (unpaired) electrons. The minimum Gasteiger partial charge on any atom is -0.369 e. The summed E-state index contributed by atoms with van der Waals surface area (Å²) in [5.74, 6) is 0.729. The quantitative estimate of drug-likeness (QED) is 0.471. The van der Waals surface area contributed by atoms with Crippen molar-refractivity contribution in [1.29, 1.82) is 5.26 Å². The third kappa shape index (κ3) is 3.06. The number of aromatic nitrogens is 5. The summed E-state index contributed by atoms with van der Waals surface area (Å²) in [6.07, 6.45) is 2.14. The highest BCUT2D eigenvalue weighted by Gasteiger charge is 2.24. The molecule has 2 aliphatic rings. The molecule has 4 heterocycles. The van der Waals surface area contributed by atoms with Crippen molar-refractivity contribution in [1.82, 2.24) is 30.1 Å². The highest BCUT2D eigenvalue weighted by atomic mass is 15.5. The number of nitriles is 1. The molecule has 1 N–H and O–H groups in total. The summed E-state index contributed by atoms with van der Waals surface area (Å²) >= 11 is 0. The van der Waals surface area contributed by atoms with Crippen LogP contribution in [0, 0.1) is 11.3 Å². The van der Waals surface area contributed by atoms with Crippen LogP contribution in [0.1, 0.15) is 18.1 Å². The van der Waals surface area contributed by atoms with Crippen molar-refractivity contribution >= 4 is 5.69 Å². The lowest BCUT2D eigenvalue weighted by molar-refractivity contribution is 0.484. The van der Waals surface area contributed by atoms with E-state index in [1.54, 1.807) is 0 Å². The Labute approximate surface area is 185 Å². The molecule has 6 rings (SSSR count). The summed E-state index contributed by atoms with van der Waals surface area (Å²) < 4.78 is 4.05. The maximum atomic E-state index is 9.09. The van der Waals surface area contributed by atoms with Crippen molar-refractivity contribution in [2.75, 3.05) is 24.5 Å². The smallest absolute Gasteiger partial charge is 0.203 e. The molecule has 2 aromatic carbocycles. The Bertz CT molecular complexity index is 1340. The summed E-state index contributed by atoms with van der Waals surface area (Å²) in [6, 6.07) is 19.0. The van der Waals surface area contributed by atoms with Gasteiger partial charge in [-0.2, -0.15) is 9.94 Å². The zero-order valence-electron chi connectivity index (χ0n) is 17.7. The molecule has 1 saturated heterocycles. The second-order valence-electron chi connectivity index (χ2n) is 8.46. The largest absolute Gasteiger partial charge is 0.369 e. The van der Waals surface area contributed by atoms with E-state index in [2.05, 4.69) is 73.8 Å². The third-order valence-electron chi connectivity index (χ3n) is 6.31. The average molecular weight is 422 g/mol. The fourth-order valence-corrected chi connectivity index (χ4v) is 4.69. The van der Waals surface area contributed by atoms with E-state index in [1.807, 2.05) is 28.9 Å². The number of nitrogens with one attached hydrogen (secondary N) is 1. The van der Waals surface area contributed by atoms with Crippen LogP contribution < -0.4 is 10.2 Å². The van der Waals surface area contributed by atoms with E-state index in [4.69, 9.17) is 5.26 Å². The van der Waals surface area contributed by atoms with Crippen molar-refractivity contribution in [3.63, 3.8) is 0 Å². The molecule has 1 atom stereocenters. The fourth-order valence-electron chi connectivity index (χ4n) is 4.69. The topological polar surface area (TPSA) is 87.6 Å². The van der Waals surface area contributed by atoms with Crippen molar-refractivity contribution in [2.45, 2.75) is 19.5 Å². The van der Waals surface area contributed by atoms with Crippen molar-refractivity contribution in [3.8, 4) is 34.4 Å². The molecule has 0 bridgehead atoms. The lowest BCUT2D eigenvalue weighted by Gasteiger charge is -2.34. The number of anilines is 1. The SMILES string of the molecule is CC1CN(c2ccc3c(c2)Cn2cc(-c4ccc(C#N)cc4)cc2-c2nnnn2-3)CCN1. The van der Waals surface area contributed by atoms with Crippen LogP contribution in [0.2, 0.25) is 0 Å². The van der Waals surface area contributed by atoms with Gasteiger partial charge in [0.15, 0.2) is 0 Å². The van der Waals surface area contributed by atoms with E-state index >= 15 is 0 Å². The molecule has 8 heteroatoms. The summed E-state index contributed by atoms with van der Waals surface area (Å²) in [5.41, 5.74) is 7.20. The first-order chi connectivity index (χ1) is 15.7. The number of hydrogen-bond donors (Lipinski definition) is 1. The maximum Gasteiger partial charge on any atom is 0.203 e. The zero-order chi connectivity index (χ0) is 21.7. The molecule has 0 amide bonds. The van der Waals surface area contributed by atoms with Gasteiger partial charge in [-0.05, 0) is 64.9 Å². The molecule has 0 spiro atoms. The van der Waals surface area contributed by atoms with Gasteiger partial charge in [-0.3, -0.25) is 0 Å². The molecule has 0 aliphatic carbocycles. The van der Waals surface area contributed by atoms with Crippen molar-refractivity contribution in [3.05, 3.63) is 65.9 Å². The van der Waals surface area contributed by atoms with Gasteiger partial charge in [-0.15, -0.1) is 5.10 Å². The Balaban J connectivity index is 1.43. The van der Waals surface area contributed by atoms with Gasteiger partial charge in [0, 0.05) is 49.7 Å². The van der Waals surface area contributed by atoms with Crippen LogP contribution in [0.25, 0.3) is 28.3 Å². The van der Waals surface area contributed by atoms with Gasteiger partial charge in [-0.1, -0.05) is 12.1 Å². The van der Waals surface area contributed by atoms with Gasteiger partial charge in [0.05, 0.1) is 23.0 Å². The highest BCUT2D eigenvalue weighted by Crippen LogP contribution is 2.34. The maximum absolute atomic E-state index is 9.09. The third-order valence-corrected chi connectivity index (χ3v) is 6.31. The molecule has 2 aliphatic heterocycles. The minimum atomic E-state index is 0.472. The molecule has 32 heavy (non-hydrogen) atoms. The number of fused-ring (bicyclic) bond motifs is 5. The van der Waals surface area contributed by atoms with Gasteiger partial charge >= 0.3 is 0 Å². The minimum absolute atomic E-state index is 0.472. The van der Waals surface area contributed by atoms with Crippen LogP contribution in [0.5, 0.6) is 0 Å². The summed E-state index contributed by atoms with van der Waals surface area (Å²) in [5, 5.41) is 25.2. The molecule has 158 valence electrons. The number of piperazine rings is 1. The molecule has 4 aromatic rings. The van der Waals surface area contributed by atoms with E-state index in [0.29, 0.717) is 11.6 Å². The molecule has 8 nitrogen and oxygen atoms in total. The summed E-state index contributed by atoms with van der Waals surface area (Å²) in [7, 11) is 0. The number of benzene rings is 2. The van der Waals surface area contributed by atoms with Gasteiger partial charge in [-0.25, -0.2) is 0 Å². The molecule has 2 aromatic heterocycles. The van der Waals surface area contributed by atoms with Crippen LogP contribution in [0.4, 0.5) is 5.69 Å². The lowest BCUT2D eigenvalue weighted by Crippen LogP contribution is -2.49. The first-order valence-corrected chi connectivity index (χ1v) is 10.8. The fraction of sp³-hybridized carbons (Fsp3) is 0.250. The highest BCUT2D eigenvalue weighted by molar-refractivity contribution is 5.72. The van der Waals surface area contributed by atoms with Crippen LogP contribution in [0.3, 0.4) is 0 Å². The second-order valence-corrected chi connectivity index (χ2v) is 8.46. The van der Waals surface area contributed by atoms with Crippen LogP contribution in [0.15, 0.2) is 54.7 Å². The monoisotopic (exact) mass is 422 g/mol. The molecule has 1 fully saturated rings. The van der Waals surface area contributed by atoms with Crippen molar-refractivity contribution < 1.29 is 0 Å².